The van der Waals surface area contributed by atoms with Crippen LogP contribution in [0.3, 0.4) is 0 Å². The van der Waals surface area contributed by atoms with E-state index in [2.05, 4.69) is 25.3 Å². The molecule has 17 heteroatoms. The van der Waals surface area contributed by atoms with Crippen molar-refractivity contribution in [3.63, 3.8) is 0 Å². The van der Waals surface area contributed by atoms with Crippen molar-refractivity contribution in [2.45, 2.75) is 38.7 Å². The fraction of sp³-hybridized carbons (Fsp3) is 0.258. The maximum Gasteiger partial charge on any atom is 0.499 e. The van der Waals surface area contributed by atoms with Gasteiger partial charge in [0, 0.05) is 11.6 Å². The third-order valence-electron chi connectivity index (χ3n) is 6.84. The molecule has 1 N–H and O–H groups in total. The van der Waals surface area contributed by atoms with E-state index >= 15 is 0 Å². The van der Waals surface area contributed by atoms with Gasteiger partial charge in [-0.15, -0.1) is 5.10 Å². The van der Waals surface area contributed by atoms with Crippen LogP contribution in [0, 0.1) is 0 Å². The minimum absolute atomic E-state index is 0.0335. The first kappa shape index (κ1) is 34.7. The predicted octanol–water partition coefficient (Wildman–Crippen LogP) is 7.04. The Hall–Kier alpha value is -4.61. The zero-order chi connectivity index (χ0) is 34.6. The molecule has 252 valence electrons. The number of hydroxylamine groups is 1. The van der Waals surface area contributed by atoms with Gasteiger partial charge in [0.1, 0.15) is 17.8 Å². The number of hydrogen-bond acceptors (Lipinski definition) is 8. The zero-order valence-electron chi connectivity index (χ0n) is 25.5. The second-order valence-corrected chi connectivity index (χ2v) is 11.8. The number of nitrogens with zero attached hydrogens (tertiary/aromatic N) is 5. The van der Waals surface area contributed by atoms with Gasteiger partial charge in [0.05, 0.1) is 30.8 Å². The van der Waals surface area contributed by atoms with Gasteiger partial charge in [-0.05, 0) is 59.6 Å². The van der Waals surface area contributed by atoms with Crippen LogP contribution in [0.5, 0.6) is 11.5 Å². The lowest BCUT2D eigenvalue weighted by molar-refractivity contribution is -0.360. The molecule has 3 aromatic carbocycles. The number of aromatic nitrogens is 3. The van der Waals surface area contributed by atoms with E-state index in [9.17, 15) is 26.7 Å². The van der Waals surface area contributed by atoms with Crippen LogP contribution < -0.4 is 19.9 Å². The largest absolute Gasteiger partial charge is 0.499 e. The van der Waals surface area contributed by atoms with E-state index in [1.54, 1.807) is 37.4 Å². The van der Waals surface area contributed by atoms with Crippen LogP contribution in [0.25, 0.3) is 17.1 Å². The Morgan fingerprint density at radius 2 is 1.73 bits per heavy atom. The highest BCUT2D eigenvalue weighted by Gasteiger charge is 2.61. The lowest BCUT2D eigenvalue weighted by Gasteiger charge is -2.22. The van der Waals surface area contributed by atoms with Crippen molar-refractivity contribution in [3.05, 3.63) is 84.2 Å². The molecule has 1 aliphatic heterocycles. The Kier molecular flexibility index (Phi) is 10.3. The summed E-state index contributed by atoms with van der Waals surface area (Å²) in [5.41, 5.74) is 6.06. The summed E-state index contributed by atoms with van der Waals surface area (Å²) < 4.78 is 74.0. The minimum Gasteiger partial charge on any atom is -0.497 e. The number of amidine groups is 1. The van der Waals surface area contributed by atoms with Crippen molar-refractivity contribution in [3.8, 4) is 28.6 Å². The van der Waals surface area contributed by atoms with Gasteiger partial charge in [0.2, 0.25) is 11.0 Å². The smallest absolute Gasteiger partial charge is 0.497 e. The van der Waals surface area contributed by atoms with Crippen LogP contribution in [0.2, 0.25) is 0 Å². The van der Waals surface area contributed by atoms with Crippen molar-refractivity contribution in [1.29, 1.82) is 0 Å². The number of methoxy groups -OCH3 is 1. The van der Waals surface area contributed by atoms with E-state index in [0.29, 0.717) is 33.7 Å². The fourth-order valence-corrected chi connectivity index (χ4v) is 5.52. The van der Waals surface area contributed by atoms with Crippen LogP contribution in [0.4, 0.5) is 27.6 Å². The second-order valence-electron chi connectivity index (χ2n) is 10.5. The number of aliphatic imine (C=N–C) groups is 1. The third kappa shape index (κ3) is 7.91. The summed E-state index contributed by atoms with van der Waals surface area (Å²) in [6.45, 7) is 4.19. The van der Waals surface area contributed by atoms with Crippen LogP contribution in [0.1, 0.15) is 30.9 Å². The number of rotatable bonds is 10. The Bertz CT molecular complexity index is 1820. The monoisotopic (exact) mass is 706 g/mol. The molecule has 0 saturated carbocycles. The van der Waals surface area contributed by atoms with Gasteiger partial charge in [0.15, 0.2) is 11.0 Å². The first-order chi connectivity index (χ1) is 22.8. The maximum absolute atomic E-state index is 13.2. The Balaban J connectivity index is 1.17. The molecule has 1 aromatic heterocycles. The first-order valence-corrected chi connectivity index (χ1v) is 15.5. The first-order valence-electron chi connectivity index (χ1n) is 14.1. The Morgan fingerprint density at radius 3 is 2.38 bits per heavy atom. The van der Waals surface area contributed by atoms with Gasteiger partial charge >= 0.3 is 12.3 Å². The van der Waals surface area contributed by atoms with Gasteiger partial charge in [0.25, 0.3) is 0 Å². The van der Waals surface area contributed by atoms with Gasteiger partial charge in [-0.25, -0.2) is 15.1 Å². The molecule has 5 rings (SSSR count). The van der Waals surface area contributed by atoms with Crippen molar-refractivity contribution < 1.29 is 41.1 Å². The number of carbonyl (C=O) groups is 1. The summed E-state index contributed by atoms with van der Waals surface area (Å²) in [5.74, 6) is 0.519. The molecule has 2 heterocycles. The predicted molar refractivity (Wildman–Crippen MR) is 173 cm³/mol. The van der Waals surface area contributed by atoms with E-state index in [1.807, 2.05) is 26.0 Å². The molecule has 1 saturated heterocycles. The summed E-state index contributed by atoms with van der Waals surface area (Å²) in [7, 11) is 1.56. The molecule has 1 amide bonds. The van der Waals surface area contributed by atoms with E-state index in [-0.39, 0.29) is 29.3 Å². The summed E-state index contributed by atoms with van der Waals surface area (Å²) in [4.78, 5) is 28.6. The van der Waals surface area contributed by atoms with Crippen LogP contribution in [-0.4, -0.2) is 56.1 Å². The van der Waals surface area contributed by atoms with Crippen LogP contribution in [0.15, 0.2) is 78.0 Å². The molecule has 0 atom stereocenters. The zero-order valence-corrected chi connectivity index (χ0v) is 27.1. The van der Waals surface area contributed by atoms with E-state index < -0.39 is 18.0 Å². The molecule has 0 bridgehead atoms. The van der Waals surface area contributed by atoms with Crippen molar-refractivity contribution in [2.24, 2.45) is 4.99 Å². The Labute approximate surface area is 280 Å². The number of ether oxygens (including phenoxy) is 2. The lowest BCUT2D eigenvalue weighted by atomic mass is 10.00. The molecule has 1 aliphatic rings. The molecule has 0 spiro atoms. The highest BCUT2D eigenvalue weighted by Crippen LogP contribution is 2.38. The third-order valence-corrected chi connectivity index (χ3v) is 7.94. The number of anilines is 1. The standard InChI is InChI=1S/C31H27F5N6O4S2/c1-18(2)24-13-12-23(44-3)14-25(24)42-26(43)16-48-29(42)38-28(47)40-45-15-19-4-6-20(7-5-19)27-37-17-41(39-27)21-8-10-22(11-9-21)46-31(35,36)30(32,33)34/h4-14,17-18H,15-16H2,1-3H3,(H,40,47). The van der Waals surface area contributed by atoms with Crippen molar-refractivity contribution in [1.82, 2.24) is 20.2 Å². The molecular formula is C31H27F5N6O4S2. The molecule has 1 fully saturated rings. The average Bonchev–Trinajstić information content (AvgIpc) is 3.67. The Morgan fingerprint density at radius 1 is 1.04 bits per heavy atom. The number of alkyl halides is 5. The number of carbonyl (C=O) groups excluding carboxylic acids is 1. The highest BCUT2D eigenvalue weighted by atomic mass is 32.2. The molecule has 4 aromatic rings. The second kappa shape index (κ2) is 14.2. The average molecular weight is 707 g/mol. The normalized spacial score (nSPS) is 14.6. The fourth-order valence-electron chi connectivity index (χ4n) is 4.45. The summed E-state index contributed by atoms with van der Waals surface area (Å²) >= 11 is 6.62. The number of nitrogens with one attached hydrogen (secondary N) is 1. The number of thioether (sulfide) groups is 1. The molecule has 0 aliphatic carbocycles. The van der Waals surface area contributed by atoms with Gasteiger partial charge in [-0.2, -0.15) is 26.9 Å². The number of benzene rings is 3. The van der Waals surface area contributed by atoms with Crippen molar-refractivity contribution >= 4 is 45.9 Å². The number of halogens is 5. The SMILES string of the molecule is COc1ccc(C(C)C)c(N2C(=O)CSC2=NC(=S)NOCc2ccc(-c3ncn(-c4ccc(OC(F)(F)C(F)(F)F)cc4)n3)cc2)c1. The van der Waals surface area contributed by atoms with Gasteiger partial charge in [-0.3, -0.25) is 14.5 Å². The van der Waals surface area contributed by atoms with E-state index in [0.717, 1.165) is 23.3 Å². The summed E-state index contributed by atoms with van der Waals surface area (Å²) in [6, 6.07) is 17.1. The van der Waals surface area contributed by atoms with Gasteiger partial charge < -0.3 is 9.47 Å². The highest BCUT2D eigenvalue weighted by molar-refractivity contribution is 8.15. The van der Waals surface area contributed by atoms with Crippen LogP contribution in [-0.2, 0) is 16.2 Å². The maximum atomic E-state index is 13.2. The molecule has 0 unspecified atom stereocenters. The summed E-state index contributed by atoms with van der Waals surface area (Å²) in [6.07, 6.45) is -9.80. The molecule has 48 heavy (non-hydrogen) atoms. The summed E-state index contributed by atoms with van der Waals surface area (Å²) in [5, 5.41) is 4.79. The van der Waals surface area contributed by atoms with E-state index in [1.165, 1.54) is 39.8 Å². The minimum atomic E-state index is -5.84. The van der Waals surface area contributed by atoms with Crippen molar-refractivity contribution in [2.75, 3.05) is 17.8 Å². The number of thiocarbonyl (C=S) groups is 1. The quantitative estimate of drug-likeness (QED) is 0.106. The van der Waals surface area contributed by atoms with E-state index in [4.69, 9.17) is 21.8 Å². The number of hydrogen-bond donors (Lipinski definition) is 1. The van der Waals surface area contributed by atoms with Crippen LogP contribution >= 0.6 is 24.0 Å². The molecule has 0 radical (unpaired) electrons. The molecular weight excluding hydrogens is 680 g/mol. The topological polar surface area (TPSA) is 103 Å². The number of amides is 1. The molecule has 10 nitrogen and oxygen atoms in total. The lowest BCUT2D eigenvalue weighted by Crippen LogP contribution is -2.41. The van der Waals surface area contributed by atoms with Gasteiger partial charge in [-0.1, -0.05) is 55.9 Å².